The molecule has 0 saturated carbocycles. The molecule has 2 rings (SSSR count). The molecule has 0 atom stereocenters. The number of anilines is 1. The van der Waals surface area contributed by atoms with Gasteiger partial charge in [-0.05, 0) is 36.2 Å². The van der Waals surface area contributed by atoms with Gasteiger partial charge in [0, 0.05) is 17.1 Å². The molecule has 20 heavy (non-hydrogen) atoms. The van der Waals surface area contributed by atoms with Gasteiger partial charge in [-0.1, -0.05) is 46.3 Å². The van der Waals surface area contributed by atoms with Crippen LogP contribution in [0.3, 0.4) is 0 Å². The van der Waals surface area contributed by atoms with Gasteiger partial charge in [0.1, 0.15) is 5.82 Å². The molecular weight excluding hydrogens is 319 g/mol. The van der Waals surface area contributed by atoms with E-state index in [4.69, 9.17) is 5.84 Å². The second kappa shape index (κ2) is 6.20. The van der Waals surface area contributed by atoms with Gasteiger partial charge < -0.3 is 5.01 Å². The van der Waals surface area contributed by atoms with Crippen molar-refractivity contribution in [2.24, 2.45) is 5.84 Å². The maximum Gasteiger partial charge on any atom is 0.126 e. The molecule has 0 saturated heterocycles. The second-order valence-electron chi connectivity index (χ2n) is 4.57. The fraction of sp³-hybridized carbons (Fsp3) is 0.125. The van der Waals surface area contributed by atoms with E-state index in [1.807, 2.05) is 36.4 Å². The van der Waals surface area contributed by atoms with Gasteiger partial charge in [-0.15, -0.1) is 0 Å². The van der Waals surface area contributed by atoms with Crippen LogP contribution in [0.25, 0.3) is 12.2 Å². The lowest BCUT2D eigenvalue weighted by Crippen LogP contribution is -2.25. The number of nitrogens with two attached hydrogens (primary N) is 1. The van der Waals surface area contributed by atoms with Crippen molar-refractivity contribution in [1.82, 2.24) is 0 Å². The summed E-state index contributed by atoms with van der Waals surface area (Å²) in [7, 11) is 1.78. The van der Waals surface area contributed by atoms with E-state index in [1.165, 1.54) is 6.07 Å². The van der Waals surface area contributed by atoms with E-state index in [2.05, 4.69) is 15.9 Å². The summed E-state index contributed by atoms with van der Waals surface area (Å²) < 4.78 is 14.5. The molecule has 0 radical (unpaired) electrons. The molecule has 0 heterocycles. The van der Waals surface area contributed by atoms with E-state index < -0.39 is 0 Å². The Bertz CT molecular complexity index is 651. The first-order chi connectivity index (χ1) is 9.50. The van der Waals surface area contributed by atoms with Gasteiger partial charge in [0.05, 0.1) is 5.69 Å². The number of nitrogens with zero attached hydrogens (tertiary/aromatic N) is 1. The smallest absolute Gasteiger partial charge is 0.126 e. The minimum Gasteiger partial charge on any atom is -0.313 e. The molecule has 0 aliphatic rings. The summed E-state index contributed by atoms with van der Waals surface area (Å²) in [6.07, 6.45) is 3.83. The molecule has 0 aliphatic heterocycles. The topological polar surface area (TPSA) is 29.3 Å². The van der Waals surface area contributed by atoms with Crippen LogP contribution in [0.5, 0.6) is 0 Å². The van der Waals surface area contributed by atoms with E-state index in [1.54, 1.807) is 25.0 Å². The summed E-state index contributed by atoms with van der Waals surface area (Å²) in [5.41, 5.74) is 3.34. The molecule has 4 heteroatoms. The zero-order valence-corrected chi connectivity index (χ0v) is 13.0. The van der Waals surface area contributed by atoms with Crippen LogP contribution in [-0.2, 0) is 0 Å². The minimum absolute atomic E-state index is 0.199. The third-order valence-corrected chi connectivity index (χ3v) is 3.84. The van der Waals surface area contributed by atoms with Crippen molar-refractivity contribution in [3.8, 4) is 0 Å². The molecule has 0 spiro atoms. The summed E-state index contributed by atoms with van der Waals surface area (Å²) >= 11 is 3.51. The van der Waals surface area contributed by atoms with E-state index in [-0.39, 0.29) is 5.82 Å². The van der Waals surface area contributed by atoms with Crippen molar-refractivity contribution >= 4 is 33.8 Å². The molecule has 2 N–H and O–H groups in total. The van der Waals surface area contributed by atoms with Gasteiger partial charge in [0.25, 0.3) is 0 Å². The zero-order chi connectivity index (χ0) is 14.7. The lowest BCUT2D eigenvalue weighted by molar-refractivity contribution is 0.618. The van der Waals surface area contributed by atoms with Gasteiger partial charge in [-0.25, -0.2) is 10.2 Å². The highest BCUT2D eigenvalue weighted by atomic mass is 79.9. The van der Waals surface area contributed by atoms with E-state index in [0.717, 1.165) is 21.3 Å². The highest BCUT2D eigenvalue weighted by molar-refractivity contribution is 9.10. The summed E-state index contributed by atoms with van der Waals surface area (Å²) in [5.74, 6) is 5.63. The molecular formula is C16H16BrFN2. The van der Waals surface area contributed by atoms with Crippen molar-refractivity contribution in [3.05, 3.63) is 63.4 Å². The van der Waals surface area contributed by atoms with E-state index in [0.29, 0.717) is 5.56 Å². The van der Waals surface area contributed by atoms with Gasteiger partial charge in [-0.3, -0.25) is 0 Å². The number of hydrogen-bond donors (Lipinski definition) is 1. The molecule has 0 aromatic heterocycles. The van der Waals surface area contributed by atoms with Gasteiger partial charge in [-0.2, -0.15) is 0 Å². The predicted octanol–water partition coefficient (Wildman–Crippen LogP) is 4.38. The molecule has 0 aliphatic carbocycles. The first kappa shape index (κ1) is 14.8. The summed E-state index contributed by atoms with van der Waals surface area (Å²) in [6, 6.07) is 10.9. The van der Waals surface area contributed by atoms with Crippen LogP contribution in [-0.4, -0.2) is 7.05 Å². The number of hydrogen-bond acceptors (Lipinski definition) is 2. The fourth-order valence-electron chi connectivity index (χ4n) is 1.98. The van der Waals surface area contributed by atoms with E-state index >= 15 is 0 Å². The Labute approximate surface area is 126 Å². The predicted molar refractivity (Wildman–Crippen MR) is 86.8 cm³/mol. The number of hydrazine groups is 1. The molecule has 104 valence electrons. The standard InChI is InChI=1S/C16H16BrFN2/c1-11-12(5-3-7-15(11)18)9-10-13-14(17)6-4-8-16(13)20(2)19/h3-10H,19H2,1-2H3/b10-9+. The first-order valence-electron chi connectivity index (χ1n) is 6.21. The molecule has 2 nitrogen and oxygen atoms in total. The summed E-state index contributed by atoms with van der Waals surface area (Å²) in [5, 5.41) is 1.56. The molecule has 0 unspecified atom stereocenters. The highest BCUT2D eigenvalue weighted by Gasteiger charge is 2.06. The van der Waals surface area contributed by atoms with Crippen LogP contribution in [0.4, 0.5) is 10.1 Å². The average molecular weight is 335 g/mol. The van der Waals surface area contributed by atoms with E-state index in [9.17, 15) is 4.39 Å². The lowest BCUT2D eigenvalue weighted by Gasteiger charge is -2.16. The quantitative estimate of drug-likeness (QED) is 0.512. The molecule has 2 aromatic rings. The SMILES string of the molecule is Cc1c(F)cccc1/C=C/c1c(Br)cccc1N(C)N. The van der Waals surface area contributed by atoms with Crippen LogP contribution < -0.4 is 10.9 Å². The Morgan fingerprint density at radius 1 is 1.15 bits per heavy atom. The Kier molecular flexibility index (Phi) is 4.57. The molecule has 2 aromatic carbocycles. The van der Waals surface area contributed by atoms with Crippen molar-refractivity contribution in [3.63, 3.8) is 0 Å². The highest BCUT2D eigenvalue weighted by Crippen LogP contribution is 2.28. The zero-order valence-electron chi connectivity index (χ0n) is 11.4. The summed E-state index contributed by atoms with van der Waals surface area (Å²) in [6.45, 7) is 1.77. The number of rotatable bonds is 3. The number of benzene rings is 2. The van der Waals surface area contributed by atoms with Gasteiger partial charge in [0.2, 0.25) is 0 Å². The first-order valence-corrected chi connectivity index (χ1v) is 7.00. The Balaban J connectivity index is 2.44. The average Bonchev–Trinajstić information content (AvgIpc) is 2.41. The van der Waals surface area contributed by atoms with Crippen molar-refractivity contribution < 1.29 is 4.39 Å². The second-order valence-corrected chi connectivity index (χ2v) is 5.43. The molecule has 0 fully saturated rings. The maximum atomic E-state index is 13.5. The van der Waals surface area contributed by atoms with Crippen LogP contribution in [0.2, 0.25) is 0 Å². The minimum atomic E-state index is -0.199. The third kappa shape index (κ3) is 3.08. The van der Waals surface area contributed by atoms with Gasteiger partial charge >= 0.3 is 0 Å². The van der Waals surface area contributed by atoms with Crippen LogP contribution in [0.15, 0.2) is 40.9 Å². The van der Waals surface area contributed by atoms with Gasteiger partial charge in [0.15, 0.2) is 0 Å². The van der Waals surface area contributed by atoms with Crippen molar-refractivity contribution in [1.29, 1.82) is 0 Å². The number of halogens is 2. The van der Waals surface area contributed by atoms with Crippen LogP contribution in [0, 0.1) is 12.7 Å². The Morgan fingerprint density at radius 3 is 2.55 bits per heavy atom. The third-order valence-electron chi connectivity index (χ3n) is 3.15. The van der Waals surface area contributed by atoms with Crippen molar-refractivity contribution in [2.45, 2.75) is 6.92 Å². The maximum absolute atomic E-state index is 13.5. The molecule has 0 bridgehead atoms. The lowest BCUT2D eigenvalue weighted by atomic mass is 10.1. The normalized spacial score (nSPS) is 11.1. The Hall–Kier alpha value is -1.65. The largest absolute Gasteiger partial charge is 0.313 e. The molecule has 0 amide bonds. The monoisotopic (exact) mass is 334 g/mol. The van der Waals surface area contributed by atoms with Crippen LogP contribution in [0.1, 0.15) is 16.7 Å². The fourth-order valence-corrected chi connectivity index (χ4v) is 2.46. The van der Waals surface area contributed by atoms with Crippen molar-refractivity contribution in [2.75, 3.05) is 12.1 Å². The van der Waals surface area contributed by atoms with Crippen LogP contribution >= 0.6 is 15.9 Å². The summed E-state index contributed by atoms with van der Waals surface area (Å²) in [4.78, 5) is 0. The Morgan fingerprint density at radius 2 is 1.85 bits per heavy atom.